The maximum absolute atomic E-state index is 12.1. The van der Waals surface area contributed by atoms with Gasteiger partial charge in [-0.3, -0.25) is 13.4 Å². The van der Waals surface area contributed by atoms with Gasteiger partial charge in [-0.2, -0.15) is 16.8 Å². The summed E-state index contributed by atoms with van der Waals surface area (Å²) in [7, 11) is -8.26. The van der Waals surface area contributed by atoms with E-state index in [0.717, 1.165) is 0 Å². The summed E-state index contributed by atoms with van der Waals surface area (Å²) in [6, 6.07) is 14.8. The van der Waals surface area contributed by atoms with E-state index in [2.05, 4.69) is 18.9 Å². The maximum Gasteiger partial charge on any atom is 0.358 e. The quantitative estimate of drug-likeness (QED) is 0.635. The number of hydrogen-bond donors (Lipinski definition) is 0. The van der Waals surface area contributed by atoms with E-state index in [1.165, 1.54) is 48.5 Å². The van der Waals surface area contributed by atoms with Gasteiger partial charge in [0.05, 0.1) is 11.4 Å². The molecule has 0 saturated heterocycles. The van der Waals surface area contributed by atoms with Gasteiger partial charge in [0.2, 0.25) is 0 Å². The van der Waals surface area contributed by atoms with Gasteiger partial charge in [0, 0.05) is 19.3 Å². The van der Waals surface area contributed by atoms with E-state index >= 15 is 0 Å². The molecule has 1 saturated carbocycles. The van der Waals surface area contributed by atoms with Crippen molar-refractivity contribution in [1.82, 2.24) is 0 Å². The van der Waals surface area contributed by atoms with Crippen molar-refractivity contribution in [3.8, 4) is 0 Å². The molecule has 1 fully saturated rings. The minimum atomic E-state index is -4.13. The third-order valence-electron chi connectivity index (χ3n) is 3.80. The van der Waals surface area contributed by atoms with Crippen molar-refractivity contribution in [3.05, 3.63) is 60.7 Å². The zero-order valence-corrected chi connectivity index (χ0v) is 16.6. The van der Waals surface area contributed by atoms with Crippen molar-refractivity contribution in [3.63, 3.8) is 0 Å². The highest BCUT2D eigenvalue weighted by atomic mass is 32.2. The van der Waals surface area contributed by atoms with Crippen molar-refractivity contribution < 1.29 is 30.2 Å². The lowest BCUT2D eigenvalue weighted by Gasteiger charge is -2.13. The predicted octanol–water partition coefficient (Wildman–Crippen LogP) is 2.26. The molecule has 0 amide bonds. The molecule has 0 aliphatic heterocycles. The lowest BCUT2D eigenvalue weighted by Crippen LogP contribution is -2.24. The van der Waals surface area contributed by atoms with Gasteiger partial charge in [0.25, 0.3) is 0 Å². The van der Waals surface area contributed by atoms with Gasteiger partial charge in [-0.05, 0) is 24.3 Å². The number of ketones is 1. The van der Waals surface area contributed by atoms with Crippen LogP contribution < -0.4 is 0 Å². The van der Waals surface area contributed by atoms with Gasteiger partial charge >= 0.3 is 20.2 Å². The number of hydrogen-bond acceptors (Lipinski definition) is 9. The second-order valence-electron chi connectivity index (χ2n) is 6.07. The van der Waals surface area contributed by atoms with Crippen molar-refractivity contribution in [2.24, 2.45) is 10.3 Å². The van der Waals surface area contributed by atoms with E-state index in [9.17, 15) is 21.6 Å². The van der Waals surface area contributed by atoms with Crippen LogP contribution in [0.5, 0.6) is 0 Å². The molecular weight excluding hydrogens is 420 g/mol. The second-order valence-corrected chi connectivity index (χ2v) is 9.12. The van der Waals surface area contributed by atoms with Crippen LogP contribution in [0.3, 0.4) is 0 Å². The molecule has 0 N–H and O–H groups in total. The third-order valence-corrected chi connectivity index (χ3v) is 6.04. The molecule has 29 heavy (non-hydrogen) atoms. The number of rotatable bonds is 6. The molecule has 152 valence electrons. The first-order valence-corrected chi connectivity index (χ1v) is 11.2. The second kappa shape index (κ2) is 8.53. The SMILES string of the molecule is O=C1CC(=NOS(=O)(=O)c2ccccc2)CC(=NOS(=O)(=O)c2ccccc2)C1. The smallest absolute Gasteiger partial charge is 0.299 e. The summed E-state index contributed by atoms with van der Waals surface area (Å²) in [5, 5.41) is 7.11. The molecule has 0 unspecified atom stereocenters. The lowest BCUT2D eigenvalue weighted by molar-refractivity contribution is -0.117. The fraction of sp³-hybridized carbons (Fsp3) is 0.167. The molecule has 0 heterocycles. The van der Waals surface area contributed by atoms with Crippen LogP contribution in [0.25, 0.3) is 0 Å². The summed E-state index contributed by atoms with van der Waals surface area (Å²) in [5.74, 6) is -0.324. The van der Waals surface area contributed by atoms with E-state index in [4.69, 9.17) is 0 Å². The van der Waals surface area contributed by atoms with Crippen molar-refractivity contribution in [2.45, 2.75) is 29.1 Å². The molecule has 0 radical (unpaired) electrons. The van der Waals surface area contributed by atoms with E-state index < -0.39 is 20.2 Å². The summed E-state index contributed by atoms with van der Waals surface area (Å²) in [6.45, 7) is 0. The van der Waals surface area contributed by atoms with Crippen molar-refractivity contribution in [2.75, 3.05) is 0 Å². The Hall–Kier alpha value is -3.05. The van der Waals surface area contributed by atoms with Gasteiger partial charge in [-0.15, -0.1) is 0 Å². The standard InChI is InChI=1S/C18H16N2O7S2/c21-16-12-14(19-26-28(22,23)17-7-3-1-4-8-17)11-15(13-16)20-27-29(24,25)18-9-5-2-6-10-18/h1-10H,11-13H2. The first-order valence-electron chi connectivity index (χ1n) is 8.37. The Bertz CT molecular complexity index is 1070. The third kappa shape index (κ3) is 5.48. The van der Waals surface area contributed by atoms with Crippen LogP contribution in [0.4, 0.5) is 0 Å². The number of carbonyl (C=O) groups is 1. The van der Waals surface area contributed by atoms with Gasteiger partial charge in [-0.25, -0.2) is 0 Å². The highest BCUT2D eigenvalue weighted by molar-refractivity contribution is 7.87. The molecule has 1 aliphatic carbocycles. The van der Waals surface area contributed by atoms with E-state index in [0.29, 0.717) is 0 Å². The molecule has 0 bridgehead atoms. The number of carbonyl (C=O) groups excluding carboxylic acids is 1. The van der Waals surface area contributed by atoms with Gasteiger partial charge < -0.3 is 0 Å². The van der Waals surface area contributed by atoms with E-state index in [1.807, 2.05) is 0 Å². The average molecular weight is 436 g/mol. The Labute approximate surface area is 167 Å². The van der Waals surface area contributed by atoms with Gasteiger partial charge in [0.15, 0.2) is 0 Å². The monoisotopic (exact) mass is 436 g/mol. The zero-order valence-electron chi connectivity index (χ0n) is 15.0. The van der Waals surface area contributed by atoms with Crippen LogP contribution in [-0.2, 0) is 33.6 Å². The Kier molecular flexibility index (Phi) is 6.09. The van der Waals surface area contributed by atoms with E-state index in [-0.39, 0.29) is 46.3 Å². The van der Waals surface area contributed by atoms with Crippen molar-refractivity contribution in [1.29, 1.82) is 0 Å². The Morgan fingerprint density at radius 2 is 1.00 bits per heavy atom. The molecule has 1 aliphatic rings. The first kappa shape index (κ1) is 20.7. The van der Waals surface area contributed by atoms with Gasteiger partial charge in [0.1, 0.15) is 15.6 Å². The maximum atomic E-state index is 12.1. The molecule has 0 aromatic heterocycles. The fourth-order valence-corrected chi connectivity index (χ4v) is 4.03. The molecule has 2 aromatic rings. The summed E-state index contributed by atoms with van der Waals surface area (Å²) < 4.78 is 57.7. The molecule has 11 heteroatoms. The predicted molar refractivity (Wildman–Crippen MR) is 103 cm³/mol. The molecule has 9 nitrogen and oxygen atoms in total. The largest absolute Gasteiger partial charge is 0.358 e. The number of Topliss-reactive ketones (excluding diaryl/α,β-unsaturated/α-hetero) is 1. The molecule has 3 rings (SSSR count). The summed E-state index contributed by atoms with van der Waals surface area (Å²) in [5.41, 5.74) is 0.195. The van der Waals surface area contributed by atoms with Crippen LogP contribution in [-0.4, -0.2) is 34.0 Å². The van der Waals surface area contributed by atoms with E-state index in [1.54, 1.807) is 12.1 Å². The molecule has 2 aromatic carbocycles. The van der Waals surface area contributed by atoms with Crippen LogP contribution in [0.2, 0.25) is 0 Å². The summed E-state index contributed by atoms with van der Waals surface area (Å²) in [4.78, 5) is 11.7. The van der Waals surface area contributed by atoms with Crippen LogP contribution in [0.1, 0.15) is 19.3 Å². The Morgan fingerprint density at radius 3 is 1.38 bits per heavy atom. The molecular formula is C18H16N2O7S2. The number of benzene rings is 2. The number of nitrogens with zero attached hydrogens (tertiary/aromatic N) is 2. The topological polar surface area (TPSA) is 129 Å². The Morgan fingerprint density at radius 1 is 0.621 bits per heavy atom. The molecule has 0 atom stereocenters. The minimum absolute atomic E-state index is 0.0552. The molecule has 0 spiro atoms. The summed E-state index contributed by atoms with van der Waals surface area (Å²) in [6.07, 6.45) is -0.316. The zero-order chi connectivity index (χ0) is 20.9. The lowest BCUT2D eigenvalue weighted by atomic mass is 9.95. The average Bonchev–Trinajstić information content (AvgIpc) is 2.72. The van der Waals surface area contributed by atoms with Crippen LogP contribution in [0, 0.1) is 0 Å². The van der Waals surface area contributed by atoms with Crippen LogP contribution >= 0.6 is 0 Å². The van der Waals surface area contributed by atoms with Gasteiger partial charge in [-0.1, -0.05) is 46.7 Å². The summed E-state index contributed by atoms with van der Waals surface area (Å²) >= 11 is 0. The first-order chi connectivity index (χ1) is 13.8. The normalized spacial score (nSPS) is 18.0. The fourth-order valence-electron chi connectivity index (χ4n) is 2.47. The number of oxime groups is 2. The minimum Gasteiger partial charge on any atom is -0.299 e. The van der Waals surface area contributed by atoms with Crippen LogP contribution in [0.15, 0.2) is 80.8 Å². The highest BCUT2D eigenvalue weighted by Crippen LogP contribution is 2.17. The highest BCUT2D eigenvalue weighted by Gasteiger charge is 2.24. The van der Waals surface area contributed by atoms with Crippen molar-refractivity contribution >= 4 is 37.4 Å². The Balaban J connectivity index is 1.73.